The summed E-state index contributed by atoms with van der Waals surface area (Å²) in [4.78, 5) is 4.49. The first-order chi connectivity index (χ1) is 8.30. The average Bonchev–Trinajstić information content (AvgIpc) is 2.38. The first-order valence-corrected chi connectivity index (χ1v) is 5.57. The van der Waals surface area contributed by atoms with Crippen LogP contribution in [0.3, 0.4) is 0 Å². The van der Waals surface area contributed by atoms with Gasteiger partial charge in [-0.3, -0.25) is 4.99 Å². The van der Waals surface area contributed by atoms with Gasteiger partial charge in [-0.05, 0) is 24.1 Å². The molecule has 4 heteroatoms. The molecule has 0 saturated heterocycles. The minimum Gasteiger partial charge on any atom is -0.493 e. The highest BCUT2D eigenvalue weighted by Crippen LogP contribution is 2.32. The Balaban J connectivity index is 2.45. The number of ether oxygens (including phenoxy) is 3. The van der Waals surface area contributed by atoms with Crippen molar-refractivity contribution in [2.75, 3.05) is 34.5 Å². The molecule has 0 radical (unpaired) electrons. The monoisotopic (exact) mass is 235 g/mol. The van der Waals surface area contributed by atoms with Crippen molar-refractivity contribution in [3.8, 4) is 11.5 Å². The minimum atomic E-state index is 0.530. The van der Waals surface area contributed by atoms with E-state index in [1.54, 1.807) is 21.3 Å². The van der Waals surface area contributed by atoms with E-state index in [0.29, 0.717) is 6.61 Å². The van der Waals surface area contributed by atoms with Crippen molar-refractivity contribution in [2.45, 2.75) is 6.42 Å². The summed E-state index contributed by atoms with van der Waals surface area (Å²) in [6.45, 7) is 1.34. The van der Waals surface area contributed by atoms with Crippen molar-refractivity contribution >= 4 is 5.71 Å². The number of benzene rings is 1. The van der Waals surface area contributed by atoms with Crippen LogP contribution in [0.15, 0.2) is 17.1 Å². The first kappa shape index (κ1) is 11.9. The molecule has 1 aromatic carbocycles. The highest BCUT2D eigenvalue weighted by molar-refractivity contribution is 6.04. The Labute approximate surface area is 101 Å². The van der Waals surface area contributed by atoms with E-state index in [4.69, 9.17) is 14.2 Å². The molecule has 17 heavy (non-hydrogen) atoms. The lowest BCUT2D eigenvalue weighted by molar-refractivity contribution is 0.245. The number of methoxy groups -OCH3 is 3. The molecular formula is C13H17NO3. The molecular weight excluding hydrogens is 218 g/mol. The van der Waals surface area contributed by atoms with Crippen LogP contribution in [0.25, 0.3) is 0 Å². The van der Waals surface area contributed by atoms with E-state index in [-0.39, 0.29) is 0 Å². The molecule has 1 heterocycles. The number of rotatable bonds is 4. The van der Waals surface area contributed by atoms with Crippen molar-refractivity contribution in [2.24, 2.45) is 4.99 Å². The predicted molar refractivity (Wildman–Crippen MR) is 66.5 cm³/mol. The Bertz CT molecular complexity index is 441. The molecule has 0 spiro atoms. The Morgan fingerprint density at radius 1 is 1.12 bits per heavy atom. The Morgan fingerprint density at radius 2 is 1.82 bits per heavy atom. The maximum Gasteiger partial charge on any atom is 0.161 e. The van der Waals surface area contributed by atoms with Gasteiger partial charge in [0.1, 0.15) is 0 Å². The molecule has 0 saturated carbocycles. The molecule has 1 aliphatic rings. The van der Waals surface area contributed by atoms with E-state index in [1.807, 2.05) is 12.1 Å². The molecule has 2 rings (SSSR count). The van der Waals surface area contributed by atoms with E-state index < -0.39 is 0 Å². The topological polar surface area (TPSA) is 40.0 Å². The van der Waals surface area contributed by atoms with Gasteiger partial charge in [0.2, 0.25) is 0 Å². The van der Waals surface area contributed by atoms with Crippen molar-refractivity contribution in [1.82, 2.24) is 0 Å². The zero-order chi connectivity index (χ0) is 12.3. The van der Waals surface area contributed by atoms with E-state index >= 15 is 0 Å². The van der Waals surface area contributed by atoms with Crippen LogP contribution in [-0.2, 0) is 11.2 Å². The summed E-state index contributed by atoms with van der Waals surface area (Å²) in [5.41, 5.74) is 3.33. The van der Waals surface area contributed by atoms with Crippen molar-refractivity contribution in [1.29, 1.82) is 0 Å². The van der Waals surface area contributed by atoms with Crippen LogP contribution in [0, 0.1) is 0 Å². The molecule has 0 bridgehead atoms. The third kappa shape index (κ3) is 2.26. The van der Waals surface area contributed by atoms with Gasteiger partial charge < -0.3 is 14.2 Å². The lowest BCUT2D eigenvalue weighted by Gasteiger charge is -2.19. The van der Waals surface area contributed by atoms with Crippen LogP contribution in [0.4, 0.5) is 0 Å². The fourth-order valence-electron chi connectivity index (χ4n) is 2.05. The average molecular weight is 235 g/mol. The lowest BCUT2D eigenvalue weighted by Crippen LogP contribution is -2.17. The van der Waals surface area contributed by atoms with E-state index in [0.717, 1.165) is 35.7 Å². The first-order valence-electron chi connectivity index (χ1n) is 5.57. The van der Waals surface area contributed by atoms with Gasteiger partial charge in [0.15, 0.2) is 11.5 Å². The second-order valence-electron chi connectivity index (χ2n) is 3.88. The third-order valence-electron chi connectivity index (χ3n) is 2.89. The summed E-state index contributed by atoms with van der Waals surface area (Å²) in [6, 6.07) is 4.00. The number of nitrogens with zero attached hydrogens (tertiary/aromatic N) is 1. The Kier molecular flexibility index (Phi) is 3.64. The fourth-order valence-corrected chi connectivity index (χ4v) is 2.05. The molecule has 92 valence electrons. The SMILES string of the molecule is COCC1=NCCc2cc(OC)c(OC)cc21. The van der Waals surface area contributed by atoms with Crippen LogP contribution in [0.1, 0.15) is 11.1 Å². The van der Waals surface area contributed by atoms with Crippen molar-refractivity contribution in [3.63, 3.8) is 0 Å². The number of hydrogen-bond donors (Lipinski definition) is 0. The second kappa shape index (κ2) is 5.19. The van der Waals surface area contributed by atoms with Gasteiger partial charge in [-0.1, -0.05) is 0 Å². The normalized spacial score (nSPS) is 13.9. The summed E-state index contributed by atoms with van der Waals surface area (Å²) in [5, 5.41) is 0. The zero-order valence-corrected chi connectivity index (χ0v) is 10.4. The molecule has 4 nitrogen and oxygen atoms in total. The molecule has 1 aliphatic heterocycles. The van der Waals surface area contributed by atoms with Crippen LogP contribution >= 0.6 is 0 Å². The summed E-state index contributed by atoms with van der Waals surface area (Å²) in [7, 11) is 4.97. The molecule has 0 aromatic heterocycles. The molecule has 0 amide bonds. The summed E-state index contributed by atoms with van der Waals surface area (Å²) >= 11 is 0. The highest BCUT2D eigenvalue weighted by atomic mass is 16.5. The number of fused-ring (bicyclic) bond motifs is 1. The largest absolute Gasteiger partial charge is 0.493 e. The molecule has 0 fully saturated rings. The van der Waals surface area contributed by atoms with E-state index in [1.165, 1.54) is 5.56 Å². The second-order valence-corrected chi connectivity index (χ2v) is 3.88. The quantitative estimate of drug-likeness (QED) is 0.797. The maximum absolute atomic E-state index is 5.31. The standard InChI is InChI=1S/C13H17NO3/c1-15-8-11-10-7-13(17-3)12(16-2)6-9(10)4-5-14-11/h6-7H,4-5,8H2,1-3H3. The Hall–Kier alpha value is -1.55. The third-order valence-corrected chi connectivity index (χ3v) is 2.89. The molecule has 1 aromatic rings. The lowest BCUT2D eigenvalue weighted by atomic mass is 9.97. The molecule has 0 aliphatic carbocycles. The zero-order valence-electron chi connectivity index (χ0n) is 10.4. The van der Waals surface area contributed by atoms with Gasteiger partial charge in [-0.25, -0.2) is 0 Å². The summed E-state index contributed by atoms with van der Waals surface area (Å²) in [6.07, 6.45) is 0.933. The smallest absolute Gasteiger partial charge is 0.161 e. The highest BCUT2D eigenvalue weighted by Gasteiger charge is 2.17. The fraction of sp³-hybridized carbons (Fsp3) is 0.462. The predicted octanol–water partition coefficient (Wildman–Crippen LogP) is 1.70. The van der Waals surface area contributed by atoms with Gasteiger partial charge in [0.25, 0.3) is 0 Å². The summed E-state index contributed by atoms with van der Waals surface area (Å²) < 4.78 is 15.8. The van der Waals surface area contributed by atoms with Gasteiger partial charge in [-0.2, -0.15) is 0 Å². The van der Waals surface area contributed by atoms with Gasteiger partial charge >= 0.3 is 0 Å². The van der Waals surface area contributed by atoms with E-state index in [9.17, 15) is 0 Å². The maximum atomic E-state index is 5.31. The van der Waals surface area contributed by atoms with Crippen LogP contribution in [0.2, 0.25) is 0 Å². The number of aliphatic imine (C=N–C) groups is 1. The summed E-state index contributed by atoms with van der Waals surface area (Å²) in [5.74, 6) is 1.50. The van der Waals surface area contributed by atoms with Gasteiger partial charge in [-0.15, -0.1) is 0 Å². The Morgan fingerprint density at radius 3 is 2.47 bits per heavy atom. The molecule has 0 atom stereocenters. The van der Waals surface area contributed by atoms with E-state index in [2.05, 4.69) is 4.99 Å². The molecule has 0 N–H and O–H groups in total. The van der Waals surface area contributed by atoms with Crippen LogP contribution in [-0.4, -0.2) is 40.2 Å². The van der Waals surface area contributed by atoms with Gasteiger partial charge in [0.05, 0.1) is 26.5 Å². The minimum absolute atomic E-state index is 0.530. The number of hydrogen-bond acceptors (Lipinski definition) is 4. The van der Waals surface area contributed by atoms with Crippen LogP contribution in [0.5, 0.6) is 11.5 Å². The van der Waals surface area contributed by atoms with Crippen LogP contribution < -0.4 is 9.47 Å². The van der Waals surface area contributed by atoms with Gasteiger partial charge in [0, 0.05) is 19.2 Å². The molecule has 0 unspecified atom stereocenters. The van der Waals surface area contributed by atoms with Crippen molar-refractivity contribution < 1.29 is 14.2 Å². The van der Waals surface area contributed by atoms with Crippen molar-refractivity contribution in [3.05, 3.63) is 23.3 Å².